The molecule has 0 aliphatic carbocycles. The fourth-order valence-electron chi connectivity index (χ4n) is 1.08. The van der Waals surface area contributed by atoms with Crippen molar-refractivity contribution in [2.45, 2.75) is 26.7 Å². The highest BCUT2D eigenvalue weighted by Gasteiger charge is 2.08. The third-order valence-corrected chi connectivity index (χ3v) is 1.49. The summed E-state index contributed by atoms with van der Waals surface area (Å²) in [7, 11) is 1.87. The quantitative estimate of drug-likeness (QED) is 0.522. The van der Waals surface area contributed by atoms with Gasteiger partial charge in [0.15, 0.2) is 0 Å². The predicted octanol–water partition coefficient (Wildman–Crippen LogP) is 0.365. The van der Waals surface area contributed by atoms with Gasteiger partial charge in [-0.25, -0.2) is 4.98 Å². The standard InChI is InChI=1S/C7H12BNO/c1-4(2)6-5(3)10-7(8)9-6/h4H,8H2,1-3H3. The first-order chi connectivity index (χ1) is 4.61. The van der Waals surface area contributed by atoms with E-state index in [4.69, 9.17) is 4.42 Å². The Labute approximate surface area is 62.1 Å². The van der Waals surface area contributed by atoms with Gasteiger partial charge in [-0.2, -0.15) is 0 Å². The average molecular weight is 137 g/mol. The molecule has 0 N–H and O–H groups in total. The van der Waals surface area contributed by atoms with E-state index >= 15 is 0 Å². The van der Waals surface area contributed by atoms with Crippen LogP contribution in [0.3, 0.4) is 0 Å². The zero-order valence-corrected chi connectivity index (χ0v) is 6.93. The molecule has 54 valence electrons. The second-order valence-corrected chi connectivity index (χ2v) is 2.83. The van der Waals surface area contributed by atoms with Gasteiger partial charge in [-0.3, -0.25) is 0 Å². The fraction of sp³-hybridized carbons (Fsp3) is 0.571. The Morgan fingerprint density at radius 1 is 1.50 bits per heavy atom. The molecule has 0 saturated carbocycles. The largest absolute Gasteiger partial charge is 0.457 e. The van der Waals surface area contributed by atoms with E-state index in [0.29, 0.717) is 5.92 Å². The van der Waals surface area contributed by atoms with E-state index in [-0.39, 0.29) is 0 Å². The molecule has 0 aromatic carbocycles. The summed E-state index contributed by atoms with van der Waals surface area (Å²) in [6.45, 7) is 6.18. The first kappa shape index (κ1) is 7.38. The van der Waals surface area contributed by atoms with Gasteiger partial charge in [0, 0.05) is 0 Å². The average Bonchev–Trinajstić information content (AvgIpc) is 2.10. The molecule has 0 spiro atoms. The molecule has 0 atom stereocenters. The third kappa shape index (κ3) is 1.23. The van der Waals surface area contributed by atoms with Crippen molar-refractivity contribution in [1.29, 1.82) is 0 Å². The van der Waals surface area contributed by atoms with Crippen molar-refractivity contribution in [1.82, 2.24) is 4.98 Å². The van der Waals surface area contributed by atoms with Gasteiger partial charge in [0.2, 0.25) is 7.85 Å². The molecule has 0 aliphatic heterocycles. The molecule has 0 fully saturated rings. The first-order valence-electron chi connectivity index (χ1n) is 3.55. The third-order valence-electron chi connectivity index (χ3n) is 1.49. The minimum atomic E-state index is 0.470. The SMILES string of the molecule is Bc1nc(C(C)C)c(C)o1. The lowest BCUT2D eigenvalue weighted by Gasteiger charge is -1.97. The van der Waals surface area contributed by atoms with Crippen LogP contribution in [0.5, 0.6) is 0 Å². The van der Waals surface area contributed by atoms with Crippen LogP contribution in [-0.4, -0.2) is 12.8 Å². The van der Waals surface area contributed by atoms with Crippen molar-refractivity contribution in [3.63, 3.8) is 0 Å². The van der Waals surface area contributed by atoms with Gasteiger partial charge in [-0.05, 0) is 12.8 Å². The summed E-state index contributed by atoms with van der Waals surface area (Å²) in [4.78, 5) is 4.24. The predicted molar refractivity (Wildman–Crippen MR) is 43.5 cm³/mol. The highest BCUT2D eigenvalue weighted by Crippen LogP contribution is 2.14. The van der Waals surface area contributed by atoms with E-state index in [1.165, 1.54) is 0 Å². The van der Waals surface area contributed by atoms with E-state index < -0.39 is 0 Å². The number of hydrogen-bond donors (Lipinski definition) is 0. The van der Waals surface area contributed by atoms with Crippen LogP contribution in [0.15, 0.2) is 4.42 Å². The topological polar surface area (TPSA) is 26.0 Å². The summed E-state index contributed by atoms with van der Waals surface area (Å²) in [6, 6.07) is 0. The van der Waals surface area contributed by atoms with Crippen molar-refractivity contribution in [3.8, 4) is 0 Å². The van der Waals surface area contributed by atoms with E-state index in [1.54, 1.807) is 0 Å². The van der Waals surface area contributed by atoms with Crippen molar-refractivity contribution < 1.29 is 4.42 Å². The summed E-state index contributed by atoms with van der Waals surface area (Å²) in [5, 5.41) is 0. The number of hydrogen-bond acceptors (Lipinski definition) is 2. The molecular formula is C7H12BNO. The van der Waals surface area contributed by atoms with Crippen LogP contribution in [0.4, 0.5) is 0 Å². The Morgan fingerprint density at radius 3 is 2.30 bits per heavy atom. The Hall–Kier alpha value is -0.725. The van der Waals surface area contributed by atoms with Gasteiger partial charge < -0.3 is 4.42 Å². The number of oxazole rings is 1. The minimum absolute atomic E-state index is 0.470. The molecule has 2 nitrogen and oxygen atoms in total. The van der Waals surface area contributed by atoms with Crippen LogP contribution in [0, 0.1) is 6.92 Å². The minimum Gasteiger partial charge on any atom is -0.457 e. The number of rotatable bonds is 1. The van der Waals surface area contributed by atoms with Gasteiger partial charge in [-0.15, -0.1) is 0 Å². The summed E-state index contributed by atoms with van der Waals surface area (Å²) >= 11 is 0. The van der Waals surface area contributed by atoms with Gasteiger partial charge in [-0.1, -0.05) is 13.8 Å². The van der Waals surface area contributed by atoms with Gasteiger partial charge in [0.05, 0.1) is 5.69 Å². The van der Waals surface area contributed by atoms with E-state index in [2.05, 4.69) is 18.8 Å². The fourth-order valence-corrected chi connectivity index (χ4v) is 1.08. The van der Waals surface area contributed by atoms with Crippen LogP contribution in [-0.2, 0) is 0 Å². The highest BCUT2D eigenvalue weighted by molar-refractivity contribution is 6.28. The van der Waals surface area contributed by atoms with E-state index in [9.17, 15) is 0 Å². The Balaban J connectivity index is 3.03. The maximum Gasteiger partial charge on any atom is 0.212 e. The summed E-state index contributed by atoms with van der Waals surface area (Å²) < 4.78 is 5.26. The normalized spacial score (nSPS) is 10.8. The van der Waals surface area contributed by atoms with Crippen molar-refractivity contribution in [2.75, 3.05) is 0 Å². The monoisotopic (exact) mass is 137 g/mol. The lowest BCUT2D eigenvalue weighted by Crippen LogP contribution is -2.02. The molecular weight excluding hydrogens is 125 g/mol. The Bertz CT molecular complexity index is 230. The van der Waals surface area contributed by atoms with Crippen LogP contribution in [0.25, 0.3) is 0 Å². The molecule has 1 heterocycles. The molecule has 0 unspecified atom stereocenters. The molecule has 1 aromatic heterocycles. The first-order valence-corrected chi connectivity index (χ1v) is 3.55. The maximum absolute atomic E-state index is 5.26. The van der Waals surface area contributed by atoms with E-state index in [0.717, 1.165) is 17.2 Å². The highest BCUT2D eigenvalue weighted by atomic mass is 16.3. The number of nitrogens with zero attached hydrogens (tertiary/aromatic N) is 1. The summed E-state index contributed by atoms with van der Waals surface area (Å²) in [6.07, 6.45) is 0. The number of aryl methyl sites for hydroxylation is 1. The molecule has 0 amide bonds. The lowest BCUT2D eigenvalue weighted by atomic mass is 10.1. The molecule has 0 saturated heterocycles. The molecule has 1 aromatic rings. The Morgan fingerprint density at radius 2 is 2.10 bits per heavy atom. The maximum atomic E-state index is 5.26. The van der Waals surface area contributed by atoms with E-state index in [1.807, 2.05) is 14.8 Å². The summed E-state index contributed by atoms with van der Waals surface area (Å²) in [5.74, 6) is 2.19. The smallest absolute Gasteiger partial charge is 0.212 e. The summed E-state index contributed by atoms with van der Waals surface area (Å²) in [5.41, 5.74) is 1.08. The van der Waals surface area contributed by atoms with Gasteiger partial charge in [0.25, 0.3) is 0 Å². The number of aromatic nitrogens is 1. The van der Waals surface area contributed by atoms with Crippen LogP contribution < -0.4 is 5.79 Å². The van der Waals surface area contributed by atoms with Gasteiger partial charge in [0.1, 0.15) is 11.6 Å². The zero-order valence-electron chi connectivity index (χ0n) is 6.93. The molecule has 0 aliphatic rings. The zero-order chi connectivity index (χ0) is 7.72. The van der Waals surface area contributed by atoms with Crippen molar-refractivity contribution in [2.24, 2.45) is 0 Å². The lowest BCUT2D eigenvalue weighted by molar-refractivity contribution is 0.555. The molecule has 0 radical (unpaired) electrons. The molecule has 3 heteroatoms. The van der Waals surface area contributed by atoms with Gasteiger partial charge >= 0.3 is 0 Å². The van der Waals surface area contributed by atoms with Crippen molar-refractivity contribution >= 4 is 13.6 Å². The van der Waals surface area contributed by atoms with Crippen LogP contribution in [0.2, 0.25) is 0 Å². The Kier molecular flexibility index (Phi) is 1.83. The van der Waals surface area contributed by atoms with Crippen LogP contribution in [0.1, 0.15) is 31.2 Å². The van der Waals surface area contributed by atoms with Crippen molar-refractivity contribution in [3.05, 3.63) is 11.5 Å². The van der Waals surface area contributed by atoms with Crippen LogP contribution >= 0.6 is 0 Å². The second kappa shape index (κ2) is 2.49. The molecule has 10 heavy (non-hydrogen) atoms. The molecule has 0 bridgehead atoms. The molecule has 1 rings (SSSR count). The second-order valence-electron chi connectivity index (χ2n) is 2.83.